The van der Waals surface area contributed by atoms with E-state index in [1.54, 1.807) is 4.90 Å². The summed E-state index contributed by atoms with van der Waals surface area (Å²) in [6.45, 7) is 0.711. The van der Waals surface area contributed by atoms with E-state index in [2.05, 4.69) is 0 Å². The van der Waals surface area contributed by atoms with Crippen LogP contribution < -0.4 is 5.32 Å². The zero-order valence-corrected chi connectivity index (χ0v) is 11.9. The van der Waals surface area contributed by atoms with E-state index in [0.29, 0.717) is 25.9 Å². The Bertz CT molecular complexity index is 523. The van der Waals surface area contributed by atoms with Crippen LogP contribution in [0, 0.1) is 0 Å². The summed E-state index contributed by atoms with van der Waals surface area (Å²) in [5.74, 6) is -1.96. The summed E-state index contributed by atoms with van der Waals surface area (Å²) < 4.78 is 36.5. The Balaban J connectivity index is 1.79. The predicted octanol–water partition coefficient (Wildman–Crippen LogP) is 1.90. The Hall–Kier alpha value is -2.05. The molecule has 1 fully saturated rings. The van der Waals surface area contributed by atoms with Crippen molar-refractivity contribution < 1.29 is 22.8 Å². The van der Waals surface area contributed by atoms with Crippen LogP contribution in [-0.2, 0) is 16.0 Å². The Kier molecular flexibility index (Phi) is 5.05. The van der Waals surface area contributed by atoms with E-state index in [9.17, 15) is 22.8 Å². The molecular formula is C15H17F3N2O2. The van der Waals surface area contributed by atoms with Crippen molar-refractivity contribution in [2.75, 3.05) is 13.1 Å². The Labute approximate surface area is 126 Å². The summed E-state index contributed by atoms with van der Waals surface area (Å²) in [6, 6.07) is 8.74. The number of piperidine rings is 1. The van der Waals surface area contributed by atoms with Crippen molar-refractivity contribution >= 4 is 11.8 Å². The number of carbonyl (C=O) groups is 2. The summed E-state index contributed by atoms with van der Waals surface area (Å²) in [5.41, 5.74) is 0.903. The first-order chi connectivity index (χ1) is 10.4. The van der Waals surface area contributed by atoms with Crippen LogP contribution in [0.5, 0.6) is 0 Å². The average Bonchev–Trinajstić information content (AvgIpc) is 2.48. The monoisotopic (exact) mass is 314 g/mol. The summed E-state index contributed by atoms with van der Waals surface area (Å²) >= 11 is 0. The van der Waals surface area contributed by atoms with Gasteiger partial charge >= 0.3 is 12.1 Å². The number of hydrogen-bond acceptors (Lipinski definition) is 2. The lowest BCUT2D eigenvalue weighted by molar-refractivity contribution is -0.174. The number of nitrogens with one attached hydrogen (secondary N) is 1. The van der Waals surface area contributed by atoms with Gasteiger partial charge in [0.2, 0.25) is 5.91 Å². The van der Waals surface area contributed by atoms with Gasteiger partial charge in [-0.1, -0.05) is 30.3 Å². The van der Waals surface area contributed by atoms with Crippen LogP contribution in [0.15, 0.2) is 30.3 Å². The fourth-order valence-corrected chi connectivity index (χ4v) is 2.42. The third-order valence-electron chi connectivity index (χ3n) is 3.64. The molecule has 1 heterocycles. The molecule has 1 N–H and O–H groups in total. The van der Waals surface area contributed by atoms with Crippen LogP contribution in [0.2, 0.25) is 0 Å². The molecule has 1 saturated heterocycles. The molecule has 0 radical (unpaired) electrons. The standard InChI is InChI=1S/C15H17F3N2O2/c16-15(17,18)14(22)19-12-6-8-20(9-7-12)13(21)10-11-4-2-1-3-5-11/h1-5,12H,6-10H2,(H,19,22). The van der Waals surface area contributed by atoms with E-state index in [-0.39, 0.29) is 12.3 Å². The largest absolute Gasteiger partial charge is 0.471 e. The topological polar surface area (TPSA) is 49.4 Å². The number of alkyl halides is 3. The van der Waals surface area contributed by atoms with Gasteiger partial charge in [-0.05, 0) is 18.4 Å². The Morgan fingerprint density at radius 2 is 1.73 bits per heavy atom. The maximum absolute atomic E-state index is 12.2. The van der Waals surface area contributed by atoms with Gasteiger partial charge in [0.05, 0.1) is 6.42 Å². The molecule has 1 aliphatic heterocycles. The smallest absolute Gasteiger partial charge is 0.345 e. The number of halogens is 3. The molecule has 120 valence electrons. The first-order valence-electron chi connectivity index (χ1n) is 7.05. The molecule has 0 saturated carbocycles. The molecule has 7 heteroatoms. The molecule has 0 bridgehead atoms. The number of carbonyl (C=O) groups excluding carboxylic acids is 2. The van der Waals surface area contributed by atoms with E-state index in [4.69, 9.17) is 0 Å². The van der Waals surface area contributed by atoms with Gasteiger partial charge in [-0.2, -0.15) is 13.2 Å². The Morgan fingerprint density at radius 1 is 1.14 bits per heavy atom. The average molecular weight is 314 g/mol. The van der Waals surface area contributed by atoms with Gasteiger partial charge in [-0.3, -0.25) is 9.59 Å². The minimum atomic E-state index is -4.86. The maximum atomic E-state index is 12.2. The molecule has 4 nitrogen and oxygen atoms in total. The van der Waals surface area contributed by atoms with Crippen LogP contribution in [0.4, 0.5) is 13.2 Å². The van der Waals surface area contributed by atoms with Gasteiger partial charge in [-0.15, -0.1) is 0 Å². The van der Waals surface area contributed by atoms with Gasteiger partial charge < -0.3 is 10.2 Å². The highest BCUT2D eigenvalue weighted by molar-refractivity contribution is 5.82. The van der Waals surface area contributed by atoms with Gasteiger partial charge in [-0.25, -0.2) is 0 Å². The van der Waals surface area contributed by atoms with Crippen molar-refractivity contribution in [1.29, 1.82) is 0 Å². The number of likely N-dealkylation sites (tertiary alicyclic amines) is 1. The molecule has 0 aromatic heterocycles. The van der Waals surface area contributed by atoms with E-state index >= 15 is 0 Å². The van der Waals surface area contributed by atoms with E-state index in [1.807, 2.05) is 35.6 Å². The maximum Gasteiger partial charge on any atom is 0.471 e. The molecule has 0 atom stereocenters. The molecule has 1 aliphatic rings. The molecule has 2 amide bonds. The van der Waals surface area contributed by atoms with Crippen LogP contribution in [-0.4, -0.2) is 42.0 Å². The predicted molar refractivity (Wildman–Crippen MR) is 73.9 cm³/mol. The highest BCUT2D eigenvalue weighted by Gasteiger charge is 2.40. The lowest BCUT2D eigenvalue weighted by Gasteiger charge is -2.32. The van der Waals surface area contributed by atoms with Gasteiger partial charge in [0.15, 0.2) is 0 Å². The minimum Gasteiger partial charge on any atom is -0.345 e. The van der Waals surface area contributed by atoms with Crippen LogP contribution >= 0.6 is 0 Å². The highest BCUT2D eigenvalue weighted by Crippen LogP contribution is 2.17. The summed E-state index contributed by atoms with van der Waals surface area (Å²) in [4.78, 5) is 24.6. The second kappa shape index (κ2) is 6.81. The summed E-state index contributed by atoms with van der Waals surface area (Å²) in [5, 5.41) is 1.97. The van der Waals surface area contributed by atoms with Crippen molar-refractivity contribution in [2.45, 2.75) is 31.5 Å². The molecule has 1 aromatic carbocycles. The van der Waals surface area contributed by atoms with E-state index in [1.165, 1.54) is 0 Å². The van der Waals surface area contributed by atoms with Gasteiger partial charge in [0.25, 0.3) is 0 Å². The molecule has 0 aliphatic carbocycles. The lowest BCUT2D eigenvalue weighted by atomic mass is 10.0. The zero-order valence-electron chi connectivity index (χ0n) is 11.9. The molecule has 0 spiro atoms. The van der Waals surface area contributed by atoms with Crippen molar-refractivity contribution in [3.8, 4) is 0 Å². The molecule has 22 heavy (non-hydrogen) atoms. The summed E-state index contributed by atoms with van der Waals surface area (Å²) in [6.07, 6.45) is -3.91. The fraction of sp³-hybridized carbons (Fsp3) is 0.467. The first kappa shape index (κ1) is 16.3. The Morgan fingerprint density at radius 3 is 2.27 bits per heavy atom. The number of nitrogens with zero attached hydrogens (tertiary/aromatic N) is 1. The highest BCUT2D eigenvalue weighted by atomic mass is 19.4. The van der Waals surface area contributed by atoms with Crippen LogP contribution in [0.1, 0.15) is 18.4 Å². The number of rotatable bonds is 3. The lowest BCUT2D eigenvalue weighted by Crippen LogP contribution is -2.49. The third kappa shape index (κ3) is 4.47. The minimum absolute atomic E-state index is 0.0493. The third-order valence-corrected chi connectivity index (χ3v) is 3.64. The van der Waals surface area contributed by atoms with Crippen LogP contribution in [0.3, 0.4) is 0 Å². The normalized spacial score (nSPS) is 16.4. The van der Waals surface area contributed by atoms with Crippen molar-refractivity contribution in [3.63, 3.8) is 0 Å². The molecular weight excluding hydrogens is 297 g/mol. The van der Waals surface area contributed by atoms with Crippen LogP contribution in [0.25, 0.3) is 0 Å². The molecule has 0 unspecified atom stereocenters. The van der Waals surface area contributed by atoms with Crippen molar-refractivity contribution in [2.24, 2.45) is 0 Å². The second-order valence-corrected chi connectivity index (χ2v) is 5.29. The quantitative estimate of drug-likeness (QED) is 0.926. The molecule has 2 rings (SSSR count). The molecule has 1 aromatic rings. The number of amides is 2. The number of benzene rings is 1. The van der Waals surface area contributed by atoms with Gasteiger partial charge in [0.1, 0.15) is 0 Å². The van der Waals surface area contributed by atoms with Gasteiger partial charge in [0, 0.05) is 19.1 Å². The van der Waals surface area contributed by atoms with E-state index < -0.39 is 18.1 Å². The second-order valence-electron chi connectivity index (χ2n) is 5.29. The van der Waals surface area contributed by atoms with Crippen molar-refractivity contribution in [1.82, 2.24) is 10.2 Å². The fourth-order valence-electron chi connectivity index (χ4n) is 2.42. The first-order valence-corrected chi connectivity index (χ1v) is 7.05. The van der Waals surface area contributed by atoms with Crippen molar-refractivity contribution in [3.05, 3.63) is 35.9 Å². The zero-order chi connectivity index (χ0) is 16.2. The summed E-state index contributed by atoms with van der Waals surface area (Å²) in [7, 11) is 0. The van der Waals surface area contributed by atoms with E-state index in [0.717, 1.165) is 5.56 Å². The SMILES string of the molecule is O=C(Cc1ccccc1)N1CCC(NC(=O)C(F)(F)F)CC1. The number of hydrogen-bond donors (Lipinski definition) is 1.